The first-order valence-corrected chi connectivity index (χ1v) is 6.80. The highest BCUT2D eigenvalue weighted by Crippen LogP contribution is 2.20. The van der Waals surface area contributed by atoms with Gasteiger partial charge in [0, 0.05) is 22.7 Å². The molecule has 0 saturated carbocycles. The zero-order valence-corrected chi connectivity index (χ0v) is 12.1. The third-order valence-electron chi connectivity index (χ3n) is 2.95. The lowest BCUT2D eigenvalue weighted by molar-refractivity contribution is 0.0987. The molecular weight excluding hydrogens is 287 g/mol. The Morgan fingerprint density at radius 1 is 1.24 bits per heavy atom. The smallest absolute Gasteiger partial charge is 0.258 e. The standard InChI is InChI=1S/C16H13FN2OS/c17-14-8-7-12(11-15(14)21)16(20)19(10-4-9-18)13-5-2-1-3-6-13/h1-3,5-8,11,21H,4,10H2. The van der Waals surface area contributed by atoms with Crippen LogP contribution in [0.25, 0.3) is 0 Å². The minimum Gasteiger partial charge on any atom is -0.307 e. The number of para-hydroxylation sites is 1. The van der Waals surface area contributed by atoms with Crippen LogP contribution in [-0.2, 0) is 0 Å². The van der Waals surface area contributed by atoms with Gasteiger partial charge in [-0.25, -0.2) is 4.39 Å². The Morgan fingerprint density at radius 3 is 2.57 bits per heavy atom. The third kappa shape index (κ3) is 3.61. The van der Waals surface area contributed by atoms with Crippen molar-refractivity contribution >= 4 is 24.2 Å². The predicted octanol–water partition coefficient (Wildman–Crippen LogP) is 3.67. The summed E-state index contributed by atoms with van der Waals surface area (Å²) in [6, 6.07) is 15.1. The fourth-order valence-corrected chi connectivity index (χ4v) is 2.13. The van der Waals surface area contributed by atoms with E-state index in [1.807, 2.05) is 24.3 Å². The van der Waals surface area contributed by atoms with Gasteiger partial charge in [0.1, 0.15) is 5.82 Å². The Labute approximate surface area is 128 Å². The van der Waals surface area contributed by atoms with Gasteiger partial charge in [-0.3, -0.25) is 4.79 Å². The van der Waals surface area contributed by atoms with Crippen LogP contribution in [0.2, 0.25) is 0 Å². The summed E-state index contributed by atoms with van der Waals surface area (Å²) in [5.41, 5.74) is 1.03. The molecule has 0 radical (unpaired) electrons. The summed E-state index contributed by atoms with van der Waals surface area (Å²) in [5.74, 6) is -0.759. The number of carbonyl (C=O) groups excluding carboxylic acids is 1. The number of hydrogen-bond acceptors (Lipinski definition) is 3. The van der Waals surface area contributed by atoms with Crippen molar-refractivity contribution in [3.8, 4) is 6.07 Å². The molecule has 0 aliphatic heterocycles. The molecule has 2 rings (SSSR count). The minimum atomic E-state index is -0.474. The van der Waals surface area contributed by atoms with Gasteiger partial charge < -0.3 is 4.90 Å². The Kier molecular flexibility index (Phi) is 4.96. The molecule has 3 nitrogen and oxygen atoms in total. The highest BCUT2D eigenvalue weighted by atomic mass is 32.1. The van der Waals surface area contributed by atoms with Crippen molar-refractivity contribution in [2.75, 3.05) is 11.4 Å². The van der Waals surface area contributed by atoms with E-state index in [0.29, 0.717) is 11.3 Å². The number of hydrogen-bond donors (Lipinski definition) is 1. The lowest BCUT2D eigenvalue weighted by atomic mass is 10.1. The SMILES string of the molecule is N#CCCN(C(=O)c1ccc(F)c(S)c1)c1ccccc1. The number of rotatable bonds is 4. The molecule has 0 bridgehead atoms. The van der Waals surface area contributed by atoms with Gasteiger partial charge in [0.25, 0.3) is 5.91 Å². The van der Waals surface area contributed by atoms with Gasteiger partial charge in [0.15, 0.2) is 0 Å². The number of nitriles is 1. The minimum absolute atomic E-state index is 0.120. The summed E-state index contributed by atoms with van der Waals surface area (Å²) in [6.45, 7) is 0.276. The second-order valence-electron chi connectivity index (χ2n) is 4.37. The molecule has 0 unspecified atom stereocenters. The maximum absolute atomic E-state index is 13.2. The number of halogens is 1. The molecule has 2 aromatic carbocycles. The molecule has 106 valence electrons. The number of carbonyl (C=O) groups is 1. The van der Waals surface area contributed by atoms with Crippen molar-refractivity contribution in [1.29, 1.82) is 5.26 Å². The molecule has 2 aromatic rings. The van der Waals surface area contributed by atoms with Crippen molar-refractivity contribution in [3.05, 3.63) is 59.9 Å². The maximum atomic E-state index is 13.2. The Morgan fingerprint density at radius 2 is 1.95 bits per heavy atom. The highest BCUT2D eigenvalue weighted by molar-refractivity contribution is 7.80. The van der Waals surface area contributed by atoms with E-state index in [9.17, 15) is 9.18 Å². The molecule has 0 saturated heterocycles. The van der Waals surface area contributed by atoms with Crippen LogP contribution in [-0.4, -0.2) is 12.5 Å². The molecular formula is C16H13FN2OS. The van der Waals surface area contributed by atoms with Crippen molar-refractivity contribution in [2.45, 2.75) is 11.3 Å². The second kappa shape index (κ2) is 6.91. The topological polar surface area (TPSA) is 44.1 Å². The van der Waals surface area contributed by atoms with E-state index in [1.54, 1.807) is 12.1 Å². The normalized spacial score (nSPS) is 9.95. The zero-order valence-electron chi connectivity index (χ0n) is 11.2. The molecule has 1 amide bonds. The van der Waals surface area contributed by atoms with Crippen molar-refractivity contribution in [2.24, 2.45) is 0 Å². The first kappa shape index (κ1) is 15.1. The number of benzene rings is 2. The van der Waals surface area contributed by atoms with Crippen molar-refractivity contribution in [1.82, 2.24) is 0 Å². The molecule has 21 heavy (non-hydrogen) atoms. The fourth-order valence-electron chi connectivity index (χ4n) is 1.92. The zero-order chi connectivity index (χ0) is 15.2. The molecule has 0 aromatic heterocycles. The number of amides is 1. The quantitative estimate of drug-likeness (QED) is 0.875. The van der Waals surface area contributed by atoms with E-state index in [4.69, 9.17) is 5.26 Å². The van der Waals surface area contributed by atoms with Crippen molar-refractivity contribution < 1.29 is 9.18 Å². The average Bonchev–Trinajstić information content (AvgIpc) is 2.51. The van der Waals surface area contributed by atoms with Gasteiger partial charge in [-0.1, -0.05) is 18.2 Å². The molecule has 0 N–H and O–H groups in total. The first-order valence-electron chi connectivity index (χ1n) is 6.36. The number of nitrogens with zero attached hydrogens (tertiary/aromatic N) is 2. The fraction of sp³-hybridized carbons (Fsp3) is 0.125. The van der Waals surface area contributed by atoms with E-state index in [0.717, 1.165) is 0 Å². The van der Waals surface area contributed by atoms with Gasteiger partial charge in [-0.05, 0) is 30.3 Å². The summed E-state index contributed by atoms with van der Waals surface area (Å²) >= 11 is 3.99. The van der Waals surface area contributed by atoms with Crippen LogP contribution >= 0.6 is 12.6 Å². The highest BCUT2D eigenvalue weighted by Gasteiger charge is 2.18. The van der Waals surface area contributed by atoms with Gasteiger partial charge in [0.2, 0.25) is 0 Å². The molecule has 0 heterocycles. The molecule has 0 aliphatic rings. The van der Waals surface area contributed by atoms with E-state index >= 15 is 0 Å². The maximum Gasteiger partial charge on any atom is 0.258 e. The van der Waals surface area contributed by atoms with Crippen LogP contribution in [0.5, 0.6) is 0 Å². The number of thiol groups is 1. The Bertz CT molecular complexity index is 682. The molecule has 0 spiro atoms. The lowest BCUT2D eigenvalue weighted by Crippen LogP contribution is -2.31. The van der Waals surface area contributed by atoms with Crippen LogP contribution < -0.4 is 4.90 Å². The van der Waals surface area contributed by atoms with Crippen molar-refractivity contribution in [3.63, 3.8) is 0 Å². The summed E-state index contributed by atoms with van der Waals surface area (Å²) in [5, 5.41) is 8.75. The van der Waals surface area contributed by atoms with E-state index in [2.05, 4.69) is 12.6 Å². The van der Waals surface area contributed by atoms with Crippen LogP contribution in [0.1, 0.15) is 16.8 Å². The molecule has 0 aliphatic carbocycles. The van der Waals surface area contributed by atoms with Crippen LogP contribution in [0.3, 0.4) is 0 Å². The largest absolute Gasteiger partial charge is 0.307 e. The van der Waals surface area contributed by atoms with Gasteiger partial charge in [-0.15, -0.1) is 12.6 Å². The van der Waals surface area contributed by atoms with Gasteiger partial charge in [-0.2, -0.15) is 5.26 Å². The summed E-state index contributed by atoms with van der Waals surface area (Å²) in [7, 11) is 0. The van der Waals surface area contributed by atoms with E-state index in [-0.39, 0.29) is 23.8 Å². The van der Waals surface area contributed by atoms with Crippen LogP contribution in [0.15, 0.2) is 53.4 Å². The second-order valence-corrected chi connectivity index (χ2v) is 4.85. The van der Waals surface area contributed by atoms with E-state index < -0.39 is 5.82 Å². The molecule has 5 heteroatoms. The summed E-state index contributed by atoms with van der Waals surface area (Å²) in [4.78, 5) is 14.2. The Balaban J connectivity index is 2.34. The average molecular weight is 300 g/mol. The first-order chi connectivity index (χ1) is 10.1. The van der Waals surface area contributed by atoms with Crippen LogP contribution in [0.4, 0.5) is 10.1 Å². The molecule has 0 fully saturated rings. The predicted molar refractivity (Wildman–Crippen MR) is 82.0 cm³/mol. The van der Waals surface area contributed by atoms with Crippen LogP contribution in [0, 0.1) is 17.1 Å². The number of anilines is 1. The van der Waals surface area contributed by atoms with Gasteiger partial charge >= 0.3 is 0 Å². The van der Waals surface area contributed by atoms with E-state index in [1.165, 1.54) is 23.1 Å². The third-order valence-corrected chi connectivity index (χ3v) is 3.30. The Hall–Kier alpha value is -2.32. The van der Waals surface area contributed by atoms with Gasteiger partial charge in [0.05, 0.1) is 12.5 Å². The summed E-state index contributed by atoms with van der Waals surface area (Å²) < 4.78 is 13.2. The monoisotopic (exact) mass is 300 g/mol. The lowest BCUT2D eigenvalue weighted by Gasteiger charge is -2.22. The molecule has 0 atom stereocenters. The summed E-state index contributed by atoms with van der Waals surface area (Å²) in [6.07, 6.45) is 0.218.